The zero-order valence-electron chi connectivity index (χ0n) is 10.1. The van der Waals surface area contributed by atoms with E-state index in [0.29, 0.717) is 22.2 Å². The first-order valence-electron chi connectivity index (χ1n) is 5.44. The highest BCUT2D eigenvalue weighted by molar-refractivity contribution is 6.31. The molecule has 0 aliphatic heterocycles. The fourth-order valence-corrected chi connectivity index (χ4v) is 1.79. The van der Waals surface area contributed by atoms with E-state index in [1.165, 1.54) is 0 Å². The third-order valence-electron chi connectivity index (χ3n) is 2.29. The third-order valence-corrected chi connectivity index (χ3v) is 2.53. The summed E-state index contributed by atoms with van der Waals surface area (Å²) in [5.41, 5.74) is 1.31. The van der Waals surface area contributed by atoms with Crippen LogP contribution in [0.25, 0.3) is 0 Å². The van der Waals surface area contributed by atoms with Crippen molar-refractivity contribution in [2.24, 2.45) is 0 Å². The number of nitrogens with zero attached hydrogens (tertiary/aromatic N) is 2. The van der Waals surface area contributed by atoms with Gasteiger partial charge in [-0.3, -0.25) is 4.79 Å². The molecule has 1 aromatic heterocycles. The second kappa shape index (κ2) is 5.14. The number of rotatable bonds is 2. The average Bonchev–Trinajstić information content (AvgIpc) is 2.27. The van der Waals surface area contributed by atoms with Crippen LogP contribution in [0.1, 0.15) is 21.9 Å². The molecule has 0 bridgehead atoms. The third kappa shape index (κ3) is 3.05. The molecule has 0 aliphatic rings. The van der Waals surface area contributed by atoms with Crippen LogP contribution < -0.4 is 5.32 Å². The molecule has 1 N–H and O–H groups in total. The van der Waals surface area contributed by atoms with Gasteiger partial charge >= 0.3 is 0 Å². The standard InChI is InChI=1S/C13H12ClN3O/c1-8-6-12(16-9(2)15-8)17-13(18)10-4-3-5-11(14)7-10/h3-7H,1-2H3,(H,15,16,17,18). The molecule has 4 nitrogen and oxygen atoms in total. The van der Waals surface area contributed by atoms with Crippen molar-refractivity contribution >= 4 is 23.3 Å². The molecule has 92 valence electrons. The second-order valence-corrected chi connectivity index (χ2v) is 4.34. The van der Waals surface area contributed by atoms with Crippen LogP contribution in [-0.2, 0) is 0 Å². The van der Waals surface area contributed by atoms with Crippen molar-refractivity contribution in [3.63, 3.8) is 0 Å². The summed E-state index contributed by atoms with van der Waals surface area (Å²) >= 11 is 5.84. The predicted octanol–water partition coefficient (Wildman–Crippen LogP) is 3.00. The Balaban J connectivity index is 2.21. The fraction of sp³-hybridized carbons (Fsp3) is 0.154. The van der Waals surface area contributed by atoms with Crippen molar-refractivity contribution in [1.29, 1.82) is 0 Å². The maximum absolute atomic E-state index is 12.0. The van der Waals surface area contributed by atoms with E-state index in [1.54, 1.807) is 37.3 Å². The summed E-state index contributed by atoms with van der Waals surface area (Å²) in [7, 11) is 0. The lowest BCUT2D eigenvalue weighted by molar-refractivity contribution is 0.102. The molecule has 0 unspecified atom stereocenters. The maximum Gasteiger partial charge on any atom is 0.256 e. The van der Waals surface area contributed by atoms with Crippen molar-refractivity contribution in [3.05, 3.63) is 52.4 Å². The summed E-state index contributed by atoms with van der Waals surface area (Å²) in [4.78, 5) is 20.2. The largest absolute Gasteiger partial charge is 0.306 e. The van der Waals surface area contributed by atoms with Gasteiger partial charge in [-0.1, -0.05) is 17.7 Å². The van der Waals surface area contributed by atoms with E-state index in [-0.39, 0.29) is 5.91 Å². The number of nitrogens with one attached hydrogen (secondary N) is 1. The monoisotopic (exact) mass is 261 g/mol. The lowest BCUT2D eigenvalue weighted by Gasteiger charge is -2.06. The number of hydrogen-bond donors (Lipinski definition) is 1. The molecule has 5 heteroatoms. The summed E-state index contributed by atoms with van der Waals surface area (Å²) in [6.45, 7) is 3.63. The number of amides is 1. The van der Waals surface area contributed by atoms with Gasteiger partial charge in [0.25, 0.3) is 5.91 Å². The number of halogens is 1. The number of anilines is 1. The number of aromatic nitrogens is 2. The molecule has 0 spiro atoms. The van der Waals surface area contributed by atoms with E-state index >= 15 is 0 Å². The van der Waals surface area contributed by atoms with Crippen molar-refractivity contribution in [3.8, 4) is 0 Å². The van der Waals surface area contributed by atoms with Crippen LogP contribution in [0, 0.1) is 13.8 Å². The zero-order chi connectivity index (χ0) is 13.1. The topological polar surface area (TPSA) is 54.9 Å². The number of carbonyl (C=O) groups is 1. The van der Waals surface area contributed by atoms with Crippen molar-refractivity contribution in [2.45, 2.75) is 13.8 Å². The highest BCUT2D eigenvalue weighted by Gasteiger charge is 2.08. The number of aryl methyl sites for hydroxylation is 2. The number of benzene rings is 1. The van der Waals surface area contributed by atoms with Crippen molar-refractivity contribution in [1.82, 2.24) is 9.97 Å². The van der Waals surface area contributed by atoms with Crippen LogP contribution in [0.3, 0.4) is 0 Å². The van der Waals surface area contributed by atoms with Gasteiger partial charge in [0.05, 0.1) is 0 Å². The molecule has 0 aliphatic carbocycles. The van der Waals surface area contributed by atoms with Crippen molar-refractivity contribution in [2.75, 3.05) is 5.32 Å². The Morgan fingerprint density at radius 1 is 1.22 bits per heavy atom. The van der Waals surface area contributed by atoms with Crippen LogP contribution in [-0.4, -0.2) is 15.9 Å². The van der Waals surface area contributed by atoms with Crippen molar-refractivity contribution < 1.29 is 4.79 Å². The quantitative estimate of drug-likeness (QED) is 0.904. The van der Waals surface area contributed by atoms with E-state index in [1.807, 2.05) is 6.92 Å². The molecule has 2 rings (SSSR count). The fourth-order valence-electron chi connectivity index (χ4n) is 1.60. The molecule has 0 saturated heterocycles. The zero-order valence-corrected chi connectivity index (χ0v) is 10.8. The highest BCUT2D eigenvalue weighted by Crippen LogP contribution is 2.13. The Morgan fingerprint density at radius 3 is 2.67 bits per heavy atom. The Morgan fingerprint density at radius 2 is 2.00 bits per heavy atom. The first kappa shape index (κ1) is 12.5. The van der Waals surface area contributed by atoms with Gasteiger partial charge in [-0.15, -0.1) is 0 Å². The lowest BCUT2D eigenvalue weighted by Crippen LogP contribution is -2.13. The van der Waals surface area contributed by atoms with Crippen LogP contribution in [0.5, 0.6) is 0 Å². The van der Waals surface area contributed by atoms with Gasteiger partial charge in [0, 0.05) is 22.3 Å². The Bertz CT molecular complexity index is 578. The summed E-state index contributed by atoms with van der Waals surface area (Å²) in [6.07, 6.45) is 0. The van der Waals surface area contributed by atoms with E-state index in [4.69, 9.17) is 11.6 Å². The SMILES string of the molecule is Cc1cc(NC(=O)c2cccc(Cl)c2)nc(C)n1. The minimum Gasteiger partial charge on any atom is -0.306 e. The van der Waals surface area contributed by atoms with Gasteiger partial charge in [-0.2, -0.15) is 0 Å². The maximum atomic E-state index is 12.0. The Hall–Kier alpha value is -1.94. The van der Waals surface area contributed by atoms with E-state index in [9.17, 15) is 4.79 Å². The van der Waals surface area contributed by atoms with E-state index in [2.05, 4.69) is 15.3 Å². The number of carbonyl (C=O) groups excluding carboxylic acids is 1. The second-order valence-electron chi connectivity index (χ2n) is 3.91. The van der Waals surface area contributed by atoms with Crippen LogP contribution in [0.4, 0.5) is 5.82 Å². The van der Waals surface area contributed by atoms with E-state index < -0.39 is 0 Å². The van der Waals surface area contributed by atoms with Gasteiger partial charge in [0.15, 0.2) is 0 Å². The van der Waals surface area contributed by atoms with Gasteiger partial charge in [0.2, 0.25) is 0 Å². The summed E-state index contributed by atoms with van der Waals surface area (Å²) in [6, 6.07) is 8.47. The van der Waals surface area contributed by atoms with Crippen LogP contribution in [0.2, 0.25) is 5.02 Å². The molecule has 0 radical (unpaired) electrons. The van der Waals surface area contributed by atoms with Gasteiger partial charge < -0.3 is 5.32 Å². The van der Waals surface area contributed by atoms with Crippen LogP contribution in [0.15, 0.2) is 30.3 Å². The first-order chi connectivity index (χ1) is 8.54. The molecule has 0 fully saturated rings. The number of hydrogen-bond acceptors (Lipinski definition) is 3. The van der Waals surface area contributed by atoms with E-state index in [0.717, 1.165) is 5.69 Å². The molecule has 1 aromatic carbocycles. The smallest absolute Gasteiger partial charge is 0.256 e. The highest BCUT2D eigenvalue weighted by atomic mass is 35.5. The normalized spacial score (nSPS) is 10.2. The van der Waals surface area contributed by atoms with Gasteiger partial charge in [-0.25, -0.2) is 9.97 Å². The predicted molar refractivity (Wildman–Crippen MR) is 70.9 cm³/mol. The molecule has 18 heavy (non-hydrogen) atoms. The molecule has 0 atom stereocenters. The molecule has 1 heterocycles. The summed E-state index contributed by atoms with van der Waals surface area (Å²) in [5, 5.41) is 3.24. The minimum atomic E-state index is -0.241. The Kier molecular flexibility index (Phi) is 3.58. The average molecular weight is 262 g/mol. The van der Waals surface area contributed by atoms with Gasteiger partial charge in [-0.05, 0) is 32.0 Å². The minimum absolute atomic E-state index is 0.241. The van der Waals surface area contributed by atoms with Gasteiger partial charge in [0.1, 0.15) is 11.6 Å². The molecular formula is C13H12ClN3O. The summed E-state index contributed by atoms with van der Waals surface area (Å²) < 4.78 is 0. The molecular weight excluding hydrogens is 250 g/mol. The summed E-state index contributed by atoms with van der Waals surface area (Å²) in [5.74, 6) is 0.872. The van der Waals surface area contributed by atoms with Crippen LogP contribution >= 0.6 is 11.6 Å². The molecule has 1 amide bonds. The molecule has 0 saturated carbocycles. The Labute approximate surface area is 110 Å². The lowest BCUT2D eigenvalue weighted by atomic mass is 10.2. The molecule has 2 aromatic rings. The first-order valence-corrected chi connectivity index (χ1v) is 5.81.